The third-order valence-corrected chi connectivity index (χ3v) is 2.70. The summed E-state index contributed by atoms with van der Waals surface area (Å²) < 4.78 is 0. The van der Waals surface area contributed by atoms with Crippen molar-refractivity contribution < 1.29 is 9.59 Å². The SMILES string of the molecule is CC(=O)N[C@@H](CCCN)C(=O)Nc1cc(C)c[nH]c1=O. The number of nitrogens with one attached hydrogen (secondary N) is 3. The molecule has 0 bridgehead atoms. The fourth-order valence-corrected chi connectivity index (χ4v) is 1.74. The number of amides is 2. The van der Waals surface area contributed by atoms with Crippen LogP contribution in [0, 0.1) is 6.92 Å². The van der Waals surface area contributed by atoms with Gasteiger partial charge in [0.25, 0.3) is 5.56 Å². The molecular formula is C13H20N4O3. The molecule has 7 nitrogen and oxygen atoms in total. The summed E-state index contributed by atoms with van der Waals surface area (Å²) in [5, 5.41) is 5.08. The largest absolute Gasteiger partial charge is 0.345 e. The fourth-order valence-electron chi connectivity index (χ4n) is 1.74. The van der Waals surface area contributed by atoms with Crippen LogP contribution in [0.5, 0.6) is 0 Å². The highest BCUT2D eigenvalue weighted by molar-refractivity contribution is 5.96. The number of aromatic amines is 1. The van der Waals surface area contributed by atoms with E-state index in [1.165, 1.54) is 6.92 Å². The van der Waals surface area contributed by atoms with Crippen molar-refractivity contribution in [1.82, 2.24) is 10.3 Å². The number of aryl methyl sites for hydroxylation is 1. The van der Waals surface area contributed by atoms with Crippen molar-refractivity contribution in [2.24, 2.45) is 5.73 Å². The van der Waals surface area contributed by atoms with Gasteiger partial charge >= 0.3 is 0 Å². The second-order valence-electron chi connectivity index (χ2n) is 4.59. The van der Waals surface area contributed by atoms with Crippen molar-refractivity contribution in [1.29, 1.82) is 0 Å². The predicted octanol–water partition coefficient (Wildman–Crippen LogP) is -0.135. The van der Waals surface area contributed by atoms with Gasteiger partial charge in [-0.25, -0.2) is 0 Å². The molecule has 1 aromatic heterocycles. The minimum atomic E-state index is -0.698. The smallest absolute Gasteiger partial charge is 0.271 e. The number of carbonyl (C=O) groups excluding carboxylic acids is 2. The highest BCUT2D eigenvalue weighted by Crippen LogP contribution is 2.05. The Hall–Kier alpha value is -2.15. The zero-order valence-electron chi connectivity index (χ0n) is 11.7. The van der Waals surface area contributed by atoms with Crippen LogP contribution in [0.25, 0.3) is 0 Å². The van der Waals surface area contributed by atoms with E-state index in [0.29, 0.717) is 19.4 Å². The molecule has 0 aromatic carbocycles. The van der Waals surface area contributed by atoms with Crippen LogP contribution in [-0.4, -0.2) is 29.4 Å². The van der Waals surface area contributed by atoms with Crippen LogP contribution in [-0.2, 0) is 9.59 Å². The van der Waals surface area contributed by atoms with E-state index in [-0.39, 0.29) is 17.2 Å². The van der Waals surface area contributed by atoms with Crippen molar-refractivity contribution >= 4 is 17.5 Å². The predicted molar refractivity (Wildman–Crippen MR) is 76.3 cm³/mol. The molecule has 1 rings (SSSR count). The van der Waals surface area contributed by atoms with E-state index in [9.17, 15) is 14.4 Å². The summed E-state index contributed by atoms with van der Waals surface area (Å²) in [7, 11) is 0. The highest BCUT2D eigenvalue weighted by Gasteiger charge is 2.19. The quantitative estimate of drug-likeness (QED) is 0.580. The molecule has 0 aliphatic carbocycles. The molecule has 1 aromatic rings. The first kappa shape index (κ1) is 15.9. The maximum Gasteiger partial charge on any atom is 0.271 e. The van der Waals surface area contributed by atoms with Gasteiger partial charge in [0.1, 0.15) is 11.7 Å². The minimum absolute atomic E-state index is 0.165. The number of rotatable bonds is 6. The molecule has 0 fully saturated rings. The van der Waals surface area contributed by atoms with Crippen molar-refractivity contribution in [3.8, 4) is 0 Å². The Morgan fingerprint density at radius 3 is 2.75 bits per heavy atom. The van der Waals surface area contributed by atoms with Gasteiger partial charge in [0.05, 0.1) is 0 Å². The van der Waals surface area contributed by atoms with E-state index >= 15 is 0 Å². The molecule has 1 heterocycles. The molecule has 0 radical (unpaired) electrons. The van der Waals surface area contributed by atoms with E-state index in [4.69, 9.17) is 5.73 Å². The van der Waals surface area contributed by atoms with Gasteiger partial charge in [0.15, 0.2) is 0 Å². The fraction of sp³-hybridized carbons (Fsp3) is 0.462. The lowest BCUT2D eigenvalue weighted by molar-refractivity contribution is -0.125. The Bertz CT molecular complexity index is 539. The van der Waals surface area contributed by atoms with Crippen molar-refractivity contribution in [3.63, 3.8) is 0 Å². The lowest BCUT2D eigenvalue weighted by atomic mass is 10.1. The molecule has 0 spiro atoms. The van der Waals surface area contributed by atoms with E-state index in [2.05, 4.69) is 15.6 Å². The van der Waals surface area contributed by atoms with Gasteiger partial charge in [-0.05, 0) is 37.9 Å². The molecule has 1 atom stereocenters. The van der Waals surface area contributed by atoms with Crippen LogP contribution >= 0.6 is 0 Å². The molecule has 0 saturated carbocycles. The maximum atomic E-state index is 12.1. The van der Waals surface area contributed by atoms with E-state index in [1.807, 2.05) is 0 Å². The molecule has 5 N–H and O–H groups in total. The zero-order chi connectivity index (χ0) is 15.1. The summed E-state index contributed by atoms with van der Waals surface area (Å²) in [6, 6.07) is 0.876. The van der Waals surface area contributed by atoms with E-state index in [0.717, 1.165) is 5.56 Å². The van der Waals surface area contributed by atoms with Crippen LogP contribution in [0.15, 0.2) is 17.1 Å². The molecule has 0 unspecified atom stereocenters. The molecular weight excluding hydrogens is 260 g/mol. The van der Waals surface area contributed by atoms with Crippen LogP contribution in [0.1, 0.15) is 25.3 Å². The van der Waals surface area contributed by atoms with Gasteiger partial charge in [-0.3, -0.25) is 14.4 Å². The van der Waals surface area contributed by atoms with Gasteiger partial charge in [-0.1, -0.05) is 0 Å². The van der Waals surface area contributed by atoms with Gasteiger partial charge in [-0.2, -0.15) is 0 Å². The maximum absolute atomic E-state index is 12.1. The van der Waals surface area contributed by atoms with Crippen LogP contribution < -0.4 is 21.9 Å². The first-order chi connectivity index (χ1) is 9.43. The molecule has 2 amide bonds. The number of nitrogens with two attached hydrogens (primary N) is 1. The zero-order valence-corrected chi connectivity index (χ0v) is 11.7. The first-order valence-corrected chi connectivity index (χ1v) is 6.41. The second-order valence-corrected chi connectivity index (χ2v) is 4.59. The molecule has 7 heteroatoms. The van der Waals surface area contributed by atoms with Crippen LogP contribution in [0.3, 0.4) is 0 Å². The molecule has 20 heavy (non-hydrogen) atoms. The summed E-state index contributed by atoms with van der Waals surface area (Å²) >= 11 is 0. The van der Waals surface area contributed by atoms with Gasteiger partial charge in [0.2, 0.25) is 11.8 Å². The third kappa shape index (κ3) is 4.85. The summed E-state index contributed by atoms with van der Waals surface area (Å²) in [6.07, 6.45) is 2.58. The summed E-state index contributed by atoms with van der Waals surface area (Å²) in [4.78, 5) is 37.3. The Morgan fingerprint density at radius 1 is 1.45 bits per heavy atom. The number of carbonyl (C=O) groups is 2. The van der Waals surface area contributed by atoms with Gasteiger partial charge in [-0.15, -0.1) is 0 Å². The molecule has 0 aliphatic rings. The summed E-state index contributed by atoms with van der Waals surface area (Å²) in [5.74, 6) is -0.731. The van der Waals surface area contributed by atoms with Crippen LogP contribution in [0.4, 0.5) is 5.69 Å². The highest BCUT2D eigenvalue weighted by atomic mass is 16.2. The number of aromatic nitrogens is 1. The number of anilines is 1. The third-order valence-electron chi connectivity index (χ3n) is 2.70. The standard InChI is InChI=1S/C13H20N4O3/c1-8-6-11(12(19)15-7-8)17-13(20)10(4-3-5-14)16-9(2)18/h6-7,10H,3-5,14H2,1-2H3,(H,15,19)(H,16,18)(H,17,20)/t10-/m0/s1. The number of H-pyrrole nitrogens is 1. The van der Waals surface area contributed by atoms with Crippen molar-refractivity contribution in [3.05, 3.63) is 28.2 Å². The van der Waals surface area contributed by atoms with Crippen LogP contribution in [0.2, 0.25) is 0 Å². The first-order valence-electron chi connectivity index (χ1n) is 6.41. The average molecular weight is 280 g/mol. The van der Waals surface area contributed by atoms with E-state index in [1.54, 1.807) is 19.2 Å². The summed E-state index contributed by atoms with van der Waals surface area (Å²) in [5.41, 5.74) is 6.00. The lowest BCUT2D eigenvalue weighted by Gasteiger charge is -2.17. The number of hydrogen-bond donors (Lipinski definition) is 4. The topological polar surface area (TPSA) is 117 Å². The van der Waals surface area contributed by atoms with Gasteiger partial charge in [0, 0.05) is 13.1 Å². The number of pyridine rings is 1. The Labute approximate surface area is 116 Å². The van der Waals surface area contributed by atoms with Gasteiger partial charge < -0.3 is 21.4 Å². The molecule has 110 valence electrons. The van der Waals surface area contributed by atoms with Crippen molar-refractivity contribution in [2.75, 3.05) is 11.9 Å². The number of hydrogen-bond acceptors (Lipinski definition) is 4. The van der Waals surface area contributed by atoms with Crippen molar-refractivity contribution in [2.45, 2.75) is 32.7 Å². The minimum Gasteiger partial charge on any atom is -0.345 e. The average Bonchev–Trinajstić information content (AvgIpc) is 2.38. The lowest BCUT2D eigenvalue weighted by Crippen LogP contribution is -2.43. The Kier molecular flexibility index (Phi) is 5.92. The monoisotopic (exact) mass is 280 g/mol. The Balaban J connectivity index is 2.81. The molecule has 0 aliphatic heterocycles. The summed E-state index contributed by atoms with van der Waals surface area (Å²) in [6.45, 7) is 3.56. The molecule has 0 saturated heterocycles. The Morgan fingerprint density at radius 2 is 2.15 bits per heavy atom. The normalized spacial score (nSPS) is 11.8. The van der Waals surface area contributed by atoms with E-state index < -0.39 is 11.9 Å². The second kappa shape index (κ2) is 7.44.